The van der Waals surface area contributed by atoms with Crippen LogP contribution in [0.15, 0.2) is 24.3 Å². The summed E-state index contributed by atoms with van der Waals surface area (Å²) in [5.74, 6) is -1.26. The van der Waals surface area contributed by atoms with Crippen LogP contribution in [0.25, 0.3) is 5.69 Å². The third kappa shape index (κ3) is 5.13. The maximum atomic E-state index is 12.1. The largest absolute Gasteiger partial charge is 0.497 e. The minimum Gasteiger partial charge on any atom is -0.497 e. The first-order valence-corrected chi connectivity index (χ1v) is 9.48. The van der Waals surface area contributed by atoms with E-state index >= 15 is 0 Å². The van der Waals surface area contributed by atoms with Gasteiger partial charge in [0, 0.05) is 24.2 Å². The molecule has 0 atom stereocenters. The highest BCUT2D eigenvalue weighted by Gasteiger charge is 2.26. The second kappa shape index (κ2) is 8.76. The third-order valence-electron chi connectivity index (χ3n) is 4.78. The molecule has 3 rings (SSSR count). The summed E-state index contributed by atoms with van der Waals surface area (Å²) in [5, 5.41) is 7.13. The van der Waals surface area contributed by atoms with Crippen LogP contribution < -0.4 is 20.9 Å². The van der Waals surface area contributed by atoms with Gasteiger partial charge in [-0.05, 0) is 50.8 Å². The van der Waals surface area contributed by atoms with Crippen molar-refractivity contribution in [3.63, 3.8) is 0 Å². The first-order chi connectivity index (χ1) is 13.9. The molecule has 1 aliphatic carbocycles. The van der Waals surface area contributed by atoms with E-state index < -0.39 is 11.8 Å². The lowest BCUT2D eigenvalue weighted by Gasteiger charge is -2.08. The Balaban J connectivity index is 1.56. The van der Waals surface area contributed by atoms with Crippen molar-refractivity contribution < 1.29 is 19.1 Å². The highest BCUT2D eigenvalue weighted by atomic mass is 16.5. The quantitative estimate of drug-likeness (QED) is 0.492. The van der Waals surface area contributed by atoms with E-state index in [0.29, 0.717) is 6.42 Å². The molecule has 154 valence electrons. The molecule has 29 heavy (non-hydrogen) atoms. The number of carbonyl (C=O) groups excluding carboxylic acids is 3. The Morgan fingerprint density at radius 2 is 1.93 bits per heavy atom. The van der Waals surface area contributed by atoms with Crippen molar-refractivity contribution in [2.75, 3.05) is 7.11 Å². The number of aromatic nitrogens is 2. The van der Waals surface area contributed by atoms with Crippen molar-refractivity contribution in [2.24, 2.45) is 0 Å². The van der Waals surface area contributed by atoms with Crippen LogP contribution in [0.2, 0.25) is 0 Å². The van der Waals surface area contributed by atoms with Gasteiger partial charge in [0.25, 0.3) is 0 Å². The van der Waals surface area contributed by atoms with Gasteiger partial charge in [-0.15, -0.1) is 0 Å². The van der Waals surface area contributed by atoms with E-state index in [2.05, 4.69) is 21.3 Å². The Morgan fingerprint density at radius 3 is 2.62 bits per heavy atom. The molecule has 1 aromatic carbocycles. The Kier molecular flexibility index (Phi) is 6.16. The van der Waals surface area contributed by atoms with Gasteiger partial charge in [-0.3, -0.25) is 25.2 Å². The van der Waals surface area contributed by atoms with E-state index in [1.54, 1.807) is 7.11 Å². The molecule has 3 N–H and O–H groups in total. The Hall–Kier alpha value is -3.36. The zero-order valence-electron chi connectivity index (χ0n) is 16.7. The molecule has 3 amide bonds. The van der Waals surface area contributed by atoms with Crippen LogP contribution >= 0.6 is 0 Å². The molecule has 1 fully saturated rings. The van der Waals surface area contributed by atoms with Crippen molar-refractivity contribution in [2.45, 2.75) is 45.6 Å². The van der Waals surface area contributed by atoms with Crippen molar-refractivity contribution in [1.82, 2.24) is 25.9 Å². The van der Waals surface area contributed by atoms with E-state index in [0.717, 1.165) is 41.2 Å². The molecule has 0 aliphatic heterocycles. The first kappa shape index (κ1) is 20.4. The number of nitrogens with one attached hydrogen (secondary N) is 3. The molecular weight excluding hydrogens is 374 g/mol. The van der Waals surface area contributed by atoms with Gasteiger partial charge in [0.05, 0.1) is 18.5 Å². The van der Waals surface area contributed by atoms with Gasteiger partial charge >= 0.3 is 11.8 Å². The van der Waals surface area contributed by atoms with Gasteiger partial charge in [-0.1, -0.05) is 6.07 Å². The summed E-state index contributed by atoms with van der Waals surface area (Å²) in [5.41, 5.74) is 8.00. The second-order valence-electron chi connectivity index (χ2n) is 7.01. The molecule has 1 heterocycles. The van der Waals surface area contributed by atoms with Crippen LogP contribution in [0.4, 0.5) is 0 Å². The Bertz CT molecular complexity index is 933. The predicted molar refractivity (Wildman–Crippen MR) is 105 cm³/mol. The van der Waals surface area contributed by atoms with E-state index in [9.17, 15) is 14.4 Å². The molecule has 9 nitrogen and oxygen atoms in total. The summed E-state index contributed by atoms with van der Waals surface area (Å²) < 4.78 is 7.08. The van der Waals surface area contributed by atoms with Crippen molar-refractivity contribution >= 4 is 17.7 Å². The number of aryl methyl sites for hydroxylation is 1. The number of hydrogen-bond acceptors (Lipinski definition) is 5. The molecule has 1 aromatic heterocycles. The van der Waals surface area contributed by atoms with E-state index in [-0.39, 0.29) is 18.4 Å². The molecular formula is C20H25N5O4. The number of ether oxygens (including phenoxy) is 1. The van der Waals surface area contributed by atoms with Crippen molar-refractivity contribution in [1.29, 1.82) is 0 Å². The second-order valence-corrected chi connectivity index (χ2v) is 7.01. The predicted octanol–water partition coefficient (Wildman–Crippen LogP) is 0.856. The summed E-state index contributed by atoms with van der Waals surface area (Å²) in [6.07, 6.45) is 2.37. The highest BCUT2D eigenvalue weighted by Crippen LogP contribution is 2.22. The van der Waals surface area contributed by atoms with Gasteiger partial charge in [-0.25, -0.2) is 4.68 Å². The SMILES string of the molecule is COc1cccc(-n2nc(C)c(CCC(=O)NNC(=O)C(=O)NC3CC3)c2C)c1. The fourth-order valence-corrected chi connectivity index (χ4v) is 2.99. The normalized spacial score (nSPS) is 12.9. The van der Waals surface area contributed by atoms with Gasteiger partial charge in [0.1, 0.15) is 5.75 Å². The number of nitrogens with zero attached hydrogens (tertiary/aromatic N) is 2. The van der Waals surface area contributed by atoms with Crippen LogP contribution in [0.1, 0.15) is 36.2 Å². The van der Waals surface area contributed by atoms with Gasteiger partial charge in [-0.2, -0.15) is 5.10 Å². The molecule has 9 heteroatoms. The minimum absolute atomic E-state index is 0.0796. The van der Waals surface area contributed by atoms with E-state index in [1.807, 2.05) is 42.8 Å². The summed E-state index contributed by atoms with van der Waals surface area (Å²) in [4.78, 5) is 35.3. The molecule has 2 aromatic rings. The lowest BCUT2D eigenvalue weighted by molar-refractivity contribution is -0.141. The van der Waals surface area contributed by atoms with Crippen LogP contribution in [0.5, 0.6) is 5.75 Å². The van der Waals surface area contributed by atoms with Crippen LogP contribution in [0.3, 0.4) is 0 Å². The van der Waals surface area contributed by atoms with Crippen LogP contribution in [-0.4, -0.2) is 40.7 Å². The topological polar surface area (TPSA) is 114 Å². The van der Waals surface area contributed by atoms with Crippen LogP contribution in [-0.2, 0) is 20.8 Å². The first-order valence-electron chi connectivity index (χ1n) is 9.48. The van der Waals surface area contributed by atoms with E-state index in [1.165, 1.54) is 0 Å². The number of rotatable bonds is 6. The summed E-state index contributed by atoms with van der Waals surface area (Å²) in [6.45, 7) is 3.83. The Labute approximate surface area is 168 Å². The molecule has 0 bridgehead atoms. The van der Waals surface area contributed by atoms with Crippen molar-refractivity contribution in [3.8, 4) is 11.4 Å². The zero-order valence-corrected chi connectivity index (χ0v) is 16.7. The standard InChI is InChI=1S/C20H25N5O4/c1-12-17(13(2)25(24-12)15-5-4-6-16(11-15)29-3)9-10-18(26)22-23-20(28)19(27)21-14-7-8-14/h4-6,11,14H,7-10H2,1-3H3,(H,21,27)(H,22,26)(H,23,28). The lowest BCUT2D eigenvalue weighted by Crippen LogP contribution is -2.49. The smallest absolute Gasteiger partial charge is 0.327 e. The molecule has 0 saturated heterocycles. The number of benzene rings is 1. The number of methoxy groups -OCH3 is 1. The summed E-state index contributed by atoms with van der Waals surface area (Å²) in [7, 11) is 1.61. The average molecular weight is 399 g/mol. The van der Waals surface area contributed by atoms with Gasteiger partial charge in [0.15, 0.2) is 0 Å². The fourth-order valence-electron chi connectivity index (χ4n) is 2.99. The van der Waals surface area contributed by atoms with Crippen molar-refractivity contribution in [3.05, 3.63) is 41.2 Å². The third-order valence-corrected chi connectivity index (χ3v) is 4.78. The summed E-state index contributed by atoms with van der Waals surface area (Å²) >= 11 is 0. The monoisotopic (exact) mass is 399 g/mol. The number of carbonyl (C=O) groups is 3. The van der Waals surface area contributed by atoms with Gasteiger partial charge < -0.3 is 10.1 Å². The highest BCUT2D eigenvalue weighted by molar-refractivity contribution is 6.35. The van der Waals surface area contributed by atoms with Crippen LogP contribution in [0, 0.1) is 13.8 Å². The Morgan fingerprint density at radius 1 is 1.17 bits per heavy atom. The minimum atomic E-state index is -0.872. The maximum absolute atomic E-state index is 12.1. The maximum Gasteiger partial charge on any atom is 0.327 e. The van der Waals surface area contributed by atoms with Gasteiger partial charge in [0.2, 0.25) is 5.91 Å². The molecule has 0 radical (unpaired) electrons. The molecule has 1 saturated carbocycles. The fraction of sp³-hybridized carbons (Fsp3) is 0.400. The number of hydrogen-bond donors (Lipinski definition) is 3. The average Bonchev–Trinajstić information content (AvgIpc) is 3.48. The van der Waals surface area contributed by atoms with E-state index in [4.69, 9.17) is 4.74 Å². The zero-order chi connectivity index (χ0) is 21.0. The molecule has 0 unspecified atom stereocenters. The lowest BCUT2D eigenvalue weighted by atomic mass is 10.1. The molecule has 0 spiro atoms. The number of amides is 3. The molecule has 1 aliphatic rings. The number of hydrazine groups is 1. The summed E-state index contributed by atoms with van der Waals surface area (Å²) in [6, 6.07) is 7.65.